The Bertz CT molecular complexity index is 674. The Morgan fingerprint density at radius 1 is 1.38 bits per heavy atom. The molecule has 26 heavy (non-hydrogen) atoms. The van der Waals surface area contributed by atoms with Crippen molar-refractivity contribution < 1.29 is 19.1 Å². The van der Waals surface area contributed by atoms with E-state index >= 15 is 0 Å². The normalized spacial score (nSPS) is 17.1. The van der Waals surface area contributed by atoms with Gasteiger partial charge in [-0.15, -0.1) is 0 Å². The van der Waals surface area contributed by atoms with Gasteiger partial charge in [-0.2, -0.15) is 0 Å². The molecular formula is C17H26N4O4S. The van der Waals surface area contributed by atoms with E-state index in [0.29, 0.717) is 35.2 Å². The highest BCUT2D eigenvalue weighted by Gasteiger charge is 2.29. The number of aryl methyl sites for hydroxylation is 1. The minimum atomic E-state index is -0.433. The van der Waals surface area contributed by atoms with E-state index in [2.05, 4.69) is 15.6 Å². The number of anilines is 1. The van der Waals surface area contributed by atoms with E-state index in [1.807, 2.05) is 13.8 Å². The fourth-order valence-corrected chi connectivity index (χ4v) is 3.62. The molecule has 0 aliphatic carbocycles. The Morgan fingerprint density at radius 2 is 2.12 bits per heavy atom. The summed E-state index contributed by atoms with van der Waals surface area (Å²) >= 11 is 1.10. The quantitative estimate of drug-likeness (QED) is 0.762. The molecule has 0 spiro atoms. The average molecular weight is 382 g/mol. The van der Waals surface area contributed by atoms with Crippen LogP contribution in [0.2, 0.25) is 0 Å². The second kappa shape index (κ2) is 8.98. The van der Waals surface area contributed by atoms with Crippen molar-refractivity contribution in [2.24, 2.45) is 5.92 Å². The van der Waals surface area contributed by atoms with E-state index in [1.165, 1.54) is 0 Å². The summed E-state index contributed by atoms with van der Waals surface area (Å²) in [4.78, 5) is 42.9. The molecule has 1 aromatic heterocycles. The summed E-state index contributed by atoms with van der Waals surface area (Å²) in [6.07, 6.45) is 1.49. The number of nitrogens with one attached hydrogen (secondary N) is 2. The number of amides is 3. The molecular weight excluding hydrogens is 356 g/mol. The van der Waals surface area contributed by atoms with Crippen LogP contribution in [0.25, 0.3) is 0 Å². The number of rotatable bonds is 5. The van der Waals surface area contributed by atoms with E-state index in [-0.39, 0.29) is 30.5 Å². The van der Waals surface area contributed by atoms with Crippen LogP contribution in [-0.4, -0.2) is 53.5 Å². The van der Waals surface area contributed by atoms with Crippen LogP contribution in [0.4, 0.5) is 9.93 Å². The third-order valence-electron chi connectivity index (χ3n) is 3.98. The summed E-state index contributed by atoms with van der Waals surface area (Å²) in [6, 6.07) is -0.0940. The lowest BCUT2D eigenvalue weighted by Crippen LogP contribution is -2.49. The number of carbonyl (C=O) groups is 3. The molecule has 3 amide bonds. The highest BCUT2D eigenvalue weighted by atomic mass is 32.1. The topological polar surface area (TPSA) is 101 Å². The average Bonchev–Trinajstić information content (AvgIpc) is 2.95. The molecule has 2 heterocycles. The standard InChI is InChI=1S/C17H26N4O4S/c1-5-25-15(23)13-11(4)19-16(26-13)20-14(22)12-7-6-8-21(9-12)17(24)18-10(2)3/h10,12H,5-9H2,1-4H3,(H,18,24)(H,19,20,22)/t12-/m1/s1. The van der Waals surface area contributed by atoms with Gasteiger partial charge in [-0.1, -0.05) is 11.3 Å². The largest absolute Gasteiger partial charge is 0.462 e. The van der Waals surface area contributed by atoms with E-state index < -0.39 is 5.97 Å². The Labute approximate surface area is 157 Å². The van der Waals surface area contributed by atoms with Crippen molar-refractivity contribution >= 4 is 34.4 Å². The van der Waals surface area contributed by atoms with E-state index in [9.17, 15) is 14.4 Å². The second-order valence-corrected chi connectivity index (χ2v) is 7.53. The molecule has 1 saturated heterocycles. The molecule has 8 nitrogen and oxygen atoms in total. The van der Waals surface area contributed by atoms with Crippen LogP contribution in [-0.2, 0) is 9.53 Å². The smallest absolute Gasteiger partial charge is 0.350 e. The van der Waals surface area contributed by atoms with Gasteiger partial charge in [0.1, 0.15) is 4.88 Å². The summed E-state index contributed by atoms with van der Waals surface area (Å²) in [7, 11) is 0. The maximum atomic E-state index is 12.6. The van der Waals surface area contributed by atoms with Crippen LogP contribution in [0.15, 0.2) is 0 Å². The van der Waals surface area contributed by atoms with Crippen molar-refractivity contribution in [3.05, 3.63) is 10.6 Å². The molecule has 2 rings (SSSR count). The highest BCUT2D eigenvalue weighted by Crippen LogP contribution is 2.25. The highest BCUT2D eigenvalue weighted by molar-refractivity contribution is 7.17. The molecule has 9 heteroatoms. The summed E-state index contributed by atoms with van der Waals surface area (Å²) in [5, 5.41) is 6.00. The second-order valence-electron chi connectivity index (χ2n) is 6.53. The van der Waals surface area contributed by atoms with Gasteiger partial charge >= 0.3 is 12.0 Å². The zero-order valence-corrected chi connectivity index (χ0v) is 16.4. The van der Waals surface area contributed by atoms with Crippen LogP contribution < -0.4 is 10.6 Å². The number of piperidine rings is 1. The number of esters is 1. The van der Waals surface area contributed by atoms with Crippen molar-refractivity contribution in [3.8, 4) is 0 Å². The molecule has 0 unspecified atom stereocenters. The summed E-state index contributed by atoms with van der Waals surface area (Å²) in [6.45, 7) is 8.55. The molecule has 144 valence electrons. The number of aromatic nitrogens is 1. The summed E-state index contributed by atoms with van der Waals surface area (Å²) < 4.78 is 4.98. The molecule has 0 saturated carbocycles. The molecule has 1 fully saturated rings. The molecule has 2 N–H and O–H groups in total. The van der Waals surface area contributed by atoms with Gasteiger partial charge < -0.3 is 20.3 Å². The fourth-order valence-electron chi connectivity index (χ4n) is 2.76. The third kappa shape index (κ3) is 5.17. The minimum Gasteiger partial charge on any atom is -0.462 e. The molecule has 0 bridgehead atoms. The minimum absolute atomic E-state index is 0.0521. The summed E-state index contributed by atoms with van der Waals surface area (Å²) in [5.74, 6) is -0.912. The first-order chi connectivity index (χ1) is 12.3. The van der Waals surface area contributed by atoms with Crippen LogP contribution >= 0.6 is 11.3 Å². The molecule has 1 atom stereocenters. The lowest BCUT2D eigenvalue weighted by atomic mass is 9.97. The summed E-state index contributed by atoms with van der Waals surface area (Å²) in [5.41, 5.74) is 0.533. The van der Waals surface area contributed by atoms with Gasteiger partial charge in [0.05, 0.1) is 18.2 Å². The van der Waals surface area contributed by atoms with Crippen molar-refractivity contribution in [1.29, 1.82) is 0 Å². The predicted octanol–water partition coefficient (Wildman–Crippen LogP) is 2.40. The number of urea groups is 1. The zero-order chi connectivity index (χ0) is 19.3. The number of hydrogen-bond donors (Lipinski definition) is 2. The number of thiazole rings is 1. The van der Waals surface area contributed by atoms with E-state index in [4.69, 9.17) is 4.74 Å². The van der Waals surface area contributed by atoms with E-state index in [0.717, 1.165) is 17.8 Å². The van der Waals surface area contributed by atoms with Gasteiger partial charge in [0, 0.05) is 19.1 Å². The lowest BCUT2D eigenvalue weighted by molar-refractivity contribution is -0.121. The van der Waals surface area contributed by atoms with Crippen LogP contribution in [0.3, 0.4) is 0 Å². The molecule has 0 radical (unpaired) electrons. The van der Waals surface area contributed by atoms with Crippen molar-refractivity contribution in [2.45, 2.75) is 46.6 Å². The van der Waals surface area contributed by atoms with Gasteiger partial charge in [0.25, 0.3) is 0 Å². The van der Waals surface area contributed by atoms with Crippen molar-refractivity contribution in [2.75, 3.05) is 25.0 Å². The molecule has 1 aliphatic rings. The lowest BCUT2D eigenvalue weighted by Gasteiger charge is -2.32. The molecule has 0 aromatic carbocycles. The SMILES string of the molecule is CCOC(=O)c1sc(NC(=O)[C@@H]2CCCN(C(=O)NC(C)C)C2)nc1C. The maximum absolute atomic E-state index is 12.6. The number of likely N-dealkylation sites (tertiary alicyclic amines) is 1. The van der Waals surface area contributed by atoms with Gasteiger partial charge in [-0.3, -0.25) is 4.79 Å². The van der Waals surface area contributed by atoms with E-state index in [1.54, 1.807) is 18.7 Å². The number of hydrogen-bond acceptors (Lipinski definition) is 6. The van der Waals surface area contributed by atoms with Crippen LogP contribution in [0.5, 0.6) is 0 Å². The Balaban J connectivity index is 1.98. The first-order valence-corrected chi connectivity index (χ1v) is 9.64. The van der Waals surface area contributed by atoms with Crippen molar-refractivity contribution in [3.63, 3.8) is 0 Å². The molecule has 1 aliphatic heterocycles. The molecule has 1 aromatic rings. The van der Waals surface area contributed by atoms with Gasteiger partial charge in [-0.05, 0) is 40.5 Å². The maximum Gasteiger partial charge on any atom is 0.350 e. The number of nitrogens with zero attached hydrogens (tertiary/aromatic N) is 2. The van der Waals surface area contributed by atoms with Gasteiger partial charge in [-0.25, -0.2) is 14.6 Å². The number of carbonyl (C=O) groups excluding carboxylic acids is 3. The third-order valence-corrected chi connectivity index (χ3v) is 5.03. The Hall–Kier alpha value is -2.16. The van der Waals surface area contributed by atoms with Crippen molar-refractivity contribution in [1.82, 2.24) is 15.2 Å². The Morgan fingerprint density at radius 3 is 2.77 bits per heavy atom. The monoisotopic (exact) mass is 382 g/mol. The van der Waals surface area contributed by atoms with Gasteiger partial charge in [0.15, 0.2) is 5.13 Å². The van der Waals surface area contributed by atoms with Crippen LogP contribution in [0, 0.1) is 12.8 Å². The van der Waals surface area contributed by atoms with Crippen LogP contribution in [0.1, 0.15) is 49.0 Å². The number of ether oxygens (including phenoxy) is 1. The first kappa shape index (κ1) is 20.2. The fraction of sp³-hybridized carbons (Fsp3) is 0.647. The zero-order valence-electron chi connectivity index (χ0n) is 15.6. The Kier molecular flexibility index (Phi) is 6.96. The van der Waals surface area contributed by atoms with Gasteiger partial charge in [0.2, 0.25) is 5.91 Å². The predicted molar refractivity (Wildman–Crippen MR) is 99.4 cm³/mol. The first-order valence-electron chi connectivity index (χ1n) is 8.82.